The molecule has 0 saturated heterocycles. The number of halogens is 2. The van der Waals surface area contributed by atoms with Gasteiger partial charge in [-0.05, 0) is 37.7 Å². The molecule has 1 aromatic carbocycles. The molecule has 1 fully saturated rings. The highest BCUT2D eigenvalue weighted by atomic mass is 35.5. The molecule has 2 aromatic rings. The number of thioether (sulfide) groups is 1. The minimum Gasteiger partial charge on any atom is -0.324 e. The summed E-state index contributed by atoms with van der Waals surface area (Å²) in [5, 5.41) is 1.46. The van der Waals surface area contributed by atoms with E-state index in [1.54, 1.807) is 0 Å². The molecule has 2 nitrogen and oxygen atoms in total. The zero-order valence-electron chi connectivity index (χ0n) is 10.8. The van der Waals surface area contributed by atoms with E-state index in [4.69, 9.17) is 23.2 Å². The van der Waals surface area contributed by atoms with Crippen LogP contribution in [0, 0.1) is 0 Å². The monoisotopic (exact) mass is 314 g/mol. The molecule has 5 heteroatoms. The smallest absolute Gasteiger partial charge is 0.125 e. The van der Waals surface area contributed by atoms with Gasteiger partial charge in [-0.3, -0.25) is 0 Å². The number of fused-ring (bicyclic) bond motifs is 1. The average molecular weight is 315 g/mol. The van der Waals surface area contributed by atoms with Crippen LogP contribution in [0.2, 0.25) is 5.02 Å². The normalized spacial score (nSPS) is 23.3. The predicted octanol–water partition coefficient (Wildman–Crippen LogP) is 4.89. The Morgan fingerprint density at radius 1 is 1.42 bits per heavy atom. The van der Waals surface area contributed by atoms with E-state index in [1.165, 1.54) is 19.3 Å². The number of aromatic nitrogens is 2. The van der Waals surface area contributed by atoms with E-state index < -0.39 is 0 Å². The summed E-state index contributed by atoms with van der Waals surface area (Å²) in [4.78, 5) is 4.62. The van der Waals surface area contributed by atoms with E-state index in [1.807, 2.05) is 23.9 Å². The van der Waals surface area contributed by atoms with Gasteiger partial charge in [-0.15, -0.1) is 11.6 Å². The first-order valence-electron chi connectivity index (χ1n) is 6.48. The summed E-state index contributed by atoms with van der Waals surface area (Å²) in [5.74, 6) is 1.38. The Morgan fingerprint density at radius 2 is 2.26 bits per heavy atom. The van der Waals surface area contributed by atoms with Gasteiger partial charge in [0.2, 0.25) is 0 Å². The van der Waals surface area contributed by atoms with Crippen molar-refractivity contribution < 1.29 is 0 Å². The van der Waals surface area contributed by atoms with Crippen LogP contribution in [0.4, 0.5) is 0 Å². The third-order valence-electron chi connectivity index (χ3n) is 3.92. The molecular weight excluding hydrogens is 299 g/mol. The molecule has 0 N–H and O–H groups in total. The molecule has 0 amide bonds. The Morgan fingerprint density at radius 3 is 2.95 bits per heavy atom. The minimum atomic E-state index is 0.436. The van der Waals surface area contributed by atoms with Gasteiger partial charge >= 0.3 is 0 Å². The molecule has 1 aromatic heterocycles. The highest BCUT2D eigenvalue weighted by Crippen LogP contribution is 2.39. The maximum Gasteiger partial charge on any atom is 0.125 e. The highest BCUT2D eigenvalue weighted by molar-refractivity contribution is 7.99. The van der Waals surface area contributed by atoms with Crippen LogP contribution in [0.3, 0.4) is 0 Å². The van der Waals surface area contributed by atoms with Crippen molar-refractivity contribution in [2.45, 2.75) is 36.4 Å². The SMILES string of the molecule is CSC1CCC(n2c(CCl)nc3c(Cl)cccc32)C1. The molecule has 1 aliphatic carbocycles. The maximum atomic E-state index is 6.24. The van der Waals surface area contributed by atoms with E-state index >= 15 is 0 Å². The van der Waals surface area contributed by atoms with Gasteiger partial charge in [0.25, 0.3) is 0 Å². The number of hydrogen-bond acceptors (Lipinski definition) is 2. The number of alkyl halides is 1. The summed E-state index contributed by atoms with van der Waals surface area (Å²) in [6.07, 6.45) is 5.86. The number of rotatable bonds is 3. The summed E-state index contributed by atoms with van der Waals surface area (Å²) >= 11 is 14.3. The summed E-state index contributed by atoms with van der Waals surface area (Å²) in [6, 6.07) is 6.48. The van der Waals surface area contributed by atoms with Crippen molar-refractivity contribution >= 4 is 46.0 Å². The van der Waals surface area contributed by atoms with Crippen molar-refractivity contribution in [1.29, 1.82) is 0 Å². The summed E-state index contributed by atoms with van der Waals surface area (Å²) in [5.41, 5.74) is 2.00. The second-order valence-electron chi connectivity index (χ2n) is 4.96. The number of nitrogens with zero attached hydrogens (tertiary/aromatic N) is 2. The van der Waals surface area contributed by atoms with Crippen molar-refractivity contribution in [1.82, 2.24) is 9.55 Å². The Labute approximate surface area is 127 Å². The van der Waals surface area contributed by atoms with Crippen LogP contribution in [0.25, 0.3) is 11.0 Å². The molecule has 19 heavy (non-hydrogen) atoms. The van der Waals surface area contributed by atoms with E-state index in [2.05, 4.69) is 21.9 Å². The standard InChI is InChI=1S/C14H16Cl2N2S/c1-19-10-6-5-9(7-10)18-12-4-2-3-11(16)14(12)17-13(18)8-15/h2-4,9-10H,5-8H2,1H3. The topological polar surface area (TPSA) is 17.8 Å². The van der Waals surface area contributed by atoms with E-state index in [0.29, 0.717) is 16.9 Å². The third kappa shape index (κ3) is 2.37. The average Bonchev–Trinajstić information content (AvgIpc) is 3.02. The molecule has 2 atom stereocenters. The molecule has 0 radical (unpaired) electrons. The Hall–Kier alpha value is -0.380. The van der Waals surface area contributed by atoms with Crippen molar-refractivity contribution in [3.63, 3.8) is 0 Å². The predicted molar refractivity (Wildman–Crippen MR) is 84.5 cm³/mol. The molecule has 0 aliphatic heterocycles. The second kappa shape index (κ2) is 5.55. The quantitative estimate of drug-likeness (QED) is 0.751. The lowest BCUT2D eigenvalue weighted by Crippen LogP contribution is -2.09. The molecule has 2 unspecified atom stereocenters. The highest BCUT2D eigenvalue weighted by Gasteiger charge is 2.28. The lowest BCUT2D eigenvalue weighted by atomic mass is 10.2. The van der Waals surface area contributed by atoms with Crippen LogP contribution in [-0.2, 0) is 5.88 Å². The van der Waals surface area contributed by atoms with Gasteiger partial charge in [0.15, 0.2) is 0 Å². The fourth-order valence-electron chi connectivity index (χ4n) is 3.00. The van der Waals surface area contributed by atoms with Crippen molar-refractivity contribution in [3.05, 3.63) is 29.0 Å². The molecule has 1 saturated carbocycles. The minimum absolute atomic E-state index is 0.436. The lowest BCUT2D eigenvalue weighted by molar-refractivity contribution is 0.519. The van der Waals surface area contributed by atoms with Gasteiger partial charge in [-0.25, -0.2) is 4.98 Å². The number of para-hydroxylation sites is 1. The van der Waals surface area contributed by atoms with Gasteiger partial charge in [0, 0.05) is 11.3 Å². The van der Waals surface area contributed by atoms with Gasteiger partial charge in [-0.1, -0.05) is 17.7 Å². The summed E-state index contributed by atoms with van der Waals surface area (Å²) in [6.45, 7) is 0. The Balaban J connectivity index is 2.09. The summed E-state index contributed by atoms with van der Waals surface area (Å²) < 4.78 is 2.31. The first-order valence-corrected chi connectivity index (χ1v) is 8.68. The van der Waals surface area contributed by atoms with Crippen LogP contribution in [0.1, 0.15) is 31.1 Å². The van der Waals surface area contributed by atoms with Crippen LogP contribution in [-0.4, -0.2) is 21.1 Å². The fourth-order valence-corrected chi connectivity index (χ4v) is 4.19. The van der Waals surface area contributed by atoms with E-state index in [-0.39, 0.29) is 0 Å². The van der Waals surface area contributed by atoms with Gasteiger partial charge in [0.05, 0.1) is 16.4 Å². The maximum absolute atomic E-state index is 6.24. The van der Waals surface area contributed by atoms with Gasteiger partial charge in [0.1, 0.15) is 11.3 Å². The summed E-state index contributed by atoms with van der Waals surface area (Å²) in [7, 11) is 0. The first-order chi connectivity index (χ1) is 9.24. The number of benzene rings is 1. The molecule has 1 aliphatic rings. The van der Waals surface area contributed by atoms with Crippen LogP contribution < -0.4 is 0 Å². The number of imidazole rings is 1. The second-order valence-corrected chi connectivity index (χ2v) is 6.78. The molecule has 102 valence electrons. The van der Waals surface area contributed by atoms with E-state index in [9.17, 15) is 0 Å². The van der Waals surface area contributed by atoms with Crippen LogP contribution in [0.15, 0.2) is 18.2 Å². The molecule has 1 heterocycles. The first kappa shape index (κ1) is 13.6. The van der Waals surface area contributed by atoms with Gasteiger partial charge in [-0.2, -0.15) is 11.8 Å². The zero-order chi connectivity index (χ0) is 13.4. The van der Waals surface area contributed by atoms with Crippen molar-refractivity contribution in [2.24, 2.45) is 0 Å². The van der Waals surface area contributed by atoms with Crippen LogP contribution >= 0.6 is 35.0 Å². The largest absolute Gasteiger partial charge is 0.324 e. The fraction of sp³-hybridized carbons (Fsp3) is 0.500. The Bertz CT molecular complexity index is 596. The third-order valence-corrected chi connectivity index (χ3v) is 5.56. The van der Waals surface area contributed by atoms with Gasteiger partial charge < -0.3 is 4.57 Å². The molecule has 0 spiro atoms. The lowest BCUT2D eigenvalue weighted by Gasteiger charge is -2.16. The molecule has 0 bridgehead atoms. The molecule has 3 rings (SSSR count). The molecular formula is C14H16Cl2N2S. The van der Waals surface area contributed by atoms with E-state index in [0.717, 1.165) is 22.1 Å². The zero-order valence-corrected chi connectivity index (χ0v) is 13.1. The van der Waals surface area contributed by atoms with Crippen molar-refractivity contribution in [3.8, 4) is 0 Å². The number of hydrogen-bond donors (Lipinski definition) is 0. The van der Waals surface area contributed by atoms with Crippen LogP contribution in [0.5, 0.6) is 0 Å². The Kier molecular flexibility index (Phi) is 3.97. The van der Waals surface area contributed by atoms with Crippen molar-refractivity contribution in [2.75, 3.05) is 6.26 Å².